The minimum Gasteiger partial charge on any atom is -0.457 e. The largest absolute Gasteiger partial charge is 0.457 e. The second-order valence-corrected chi connectivity index (χ2v) is 13.0. The molecule has 0 saturated carbocycles. The summed E-state index contributed by atoms with van der Waals surface area (Å²) < 4.78 is 41.5. The van der Waals surface area contributed by atoms with Crippen LogP contribution in [-0.2, 0) is 9.47 Å². The van der Waals surface area contributed by atoms with Crippen molar-refractivity contribution in [1.29, 1.82) is 0 Å². The molecule has 2 heterocycles. The molecule has 0 amide bonds. The molecule has 2 atom stereocenters. The molecule has 2 N–H and O–H groups in total. The Morgan fingerprint density at radius 2 is 1.18 bits per heavy atom. The lowest BCUT2D eigenvalue weighted by Gasteiger charge is -2.28. The SMILES string of the molecule is CC1(C)CC(OC(=O)c2ccc(-c3ccc(C(=O)OC4CC(C)(C)NC4(C)C)c(F)c3F)cc2)C(C)(C)N1. The summed E-state index contributed by atoms with van der Waals surface area (Å²) in [6.07, 6.45) is 0.432. The van der Waals surface area contributed by atoms with E-state index in [0.717, 1.165) is 0 Å². The van der Waals surface area contributed by atoms with Gasteiger partial charge in [-0.05, 0) is 79.2 Å². The minimum atomic E-state index is -1.27. The number of hydrogen-bond donors (Lipinski definition) is 2. The summed E-state index contributed by atoms with van der Waals surface area (Å²) in [6, 6.07) is 8.69. The van der Waals surface area contributed by atoms with Crippen molar-refractivity contribution in [2.24, 2.45) is 0 Å². The summed E-state index contributed by atoms with van der Waals surface area (Å²) in [5.74, 6) is -3.81. The quantitative estimate of drug-likeness (QED) is 0.479. The van der Waals surface area contributed by atoms with E-state index in [1.54, 1.807) is 0 Å². The molecule has 2 aliphatic heterocycles. The van der Waals surface area contributed by atoms with Crippen molar-refractivity contribution in [1.82, 2.24) is 10.6 Å². The molecule has 206 valence electrons. The molecule has 4 rings (SSSR count). The smallest absolute Gasteiger partial charge is 0.341 e. The van der Waals surface area contributed by atoms with E-state index >= 15 is 8.78 Å². The first-order chi connectivity index (χ1) is 17.4. The summed E-state index contributed by atoms with van der Waals surface area (Å²) in [5, 5.41) is 6.86. The molecule has 2 aliphatic rings. The molecule has 2 fully saturated rings. The Balaban J connectivity index is 1.48. The van der Waals surface area contributed by atoms with E-state index in [4.69, 9.17) is 9.47 Å². The van der Waals surface area contributed by atoms with Crippen molar-refractivity contribution in [2.75, 3.05) is 0 Å². The minimum absolute atomic E-state index is 0.0224. The van der Waals surface area contributed by atoms with Gasteiger partial charge in [0.2, 0.25) is 0 Å². The van der Waals surface area contributed by atoms with Crippen molar-refractivity contribution in [3.05, 3.63) is 59.2 Å². The zero-order chi connectivity index (χ0) is 28.3. The molecule has 38 heavy (non-hydrogen) atoms. The monoisotopic (exact) mass is 528 g/mol. The average Bonchev–Trinajstić information content (AvgIpc) is 3.13. The summed E-state index contributed by atoms with van der Waals surface area (Å²) in [4.78, 5) is 25.5. The van der Waals surface area contributed by atoms with Crippen LogP contribution in [0.2, 0.25) is 0 Å². The maximum atomic E-state index is 15.1. The molecule has 6 nitrogen and oxygen atoms in total. The first kappa shape index (κ1) is 28.2. The van der Waals surface area contributed by atoms with Gasteiger partial charge in [-0.25, -0.2) is 18.4 Å². The van der Waals surface area contributed by atoms with Gasteiger partial charge in [-0.15, -0.1) is 0 Å². The zero-order valence-electron chi connectivity index (χ0n) is 23.4. The van der Waals surface area contributed by atoms with Crippen molar-refractivity contribution < 1.29 is 27.8 Å². The molecular formula is C30H38F2N2O4. The second kappa shape index (κ2) is 9.42. The highest BCUT2D eigenvalue weighted by Crippen LogP contribution is 2.35. The van der Waals surface area contributed by atoms with E-state index in [1.807, 2.05) is 41.5 Å². The number of rotatable bonds is 5. The summed E-state index contributed by atoms with van der Waals surface area (Å²) in [6.45, 7) is 15.9. The van der Waals surface area contributed by atoms with Crippen molar-refractivity contribution in [2.45, 2.75) is 103 Å². The van der Waals surface area contributed by atoms with Crippen LogP contribution in [0.1, 0.15) is 88.9 Å². The van der Waals surface area contributed by atoms with Crippen LogP contribution >= 0.6 is 0 Å². The third-order valence-electron chi connectivity index (χ3n) is 7.55. The summed E-state index contributed by atoms with van der Waals surface area (Å²) >= 11 is 0. The first-order valence-corrected chi connectivity index (χ1v) is 13.0. The van der Waals surface area contributed by atoms with Crippen LogP contribution in [0.25, 0.3) is 11.1 Å². The maximum Gasteiger partial charge on any atom is 0.341 e. The van der Waals surface area contributed by atoms with Crippen LogP contribution in [0.4, 0.5) is 8.78 Å². The van der Waals surface area contributed by atoms with E-state index in [-0.39, 0.29) is 28.3 Å². The third kappa shape index (κ3) is 5.61. The lowest BCUT2D eigenvalue weighted by atomic mass is 9.96. The van der Waals surface area contributed by atoms with E-state index in [1.165, 1.54) is 36.4 Å². The Hall–Kier alpha value is -2.84. The molecule has 0 spiro atoms. The number of nitrogens with one attached hydrogen (secondary N) is 2. The predicted molar refractivity (Wildman–Crippen MR) is 142 cm³/mol. The summed E-state index contributed by atoms with van der Waals surface area (Å²) in [7, 11) is 0. The molecule has 2 aromatic rings. The molecule has 0 bridgehead atoms. The third-order valence-corrected chi connectivity index (χ3v) is 7.55. The van der Waals surface area contributed by atoms with Gasteiger partial charge in [0.05, 0.1) is 22.2 Å². The Morgan fingerprint density at radius 3 is 1.63 bits per heavy atom. The highest BCUT2D eigenvalue weighted by Gasteiger charge is 2.47. The fourth-order valence-corrected chi connectivity index (χ4v) is 5.93. The van der Waals surface area contributed by atoms with E-state index in [0.29, 0.717) is 24.0 Å². The number of carbonyl (C=O) groups is 2. The summed E-state index contributed by atoms with van der Waals surface area (Å²) in [5.41, 5.74) is -1.08. The number of hydrogen-bond acceptors (Lipinski definition) is 6. The lowest BCUT2D eigenvalue weighted by molar-refractivity contribution is 0.0161. The highest BCUT2D eigenvalue weighted by molar-refractivity contribution is 5.92. The predicted octanol–water partition coefficient (Wildman–Crippen LogP) is 5.78. The van der Waals surface area contributed by atoms with Gasteiger partial charge in [0, 0.05) is 29.5 Å². The van der Waals surface area contributed by atoms with Gasteiger partial charge >= 0.3 is 11.9 Å². The second-order valence-electron chi connectivity index (χ2n) is 13.0. The molecule has 8 heteroatoms. The molecule has 0 aliphatic carbocycles. The number of halogens is 2. The number of carbonyl (C=O) groups excluding carboxylic acids is 2. The van der Waals surface area contributed by atoms with Gasteiger partial charge < -0.3 is 20.1 Å². The van der Waals surface area contributed by atoms with Crippen LogP contribution in [-0.4, -0.2) is 46.3 Å². The standard InChI is InChI=1S/C30H38F2N2O4/c1-27(2)15-21(29(5,6)33-27)37-25(35)18-11-9-17(10-12-18)19-13-14-20(24(32)23(19)31)26(36)38-22-16-28(3,4)34-30(22,7)8/h9-14,21-22,33-34H,15-16H2,1-8H3. The number of esters is 2. The fourth-order valence-electron chi connectivity index (χ4n) is 5.93. The van der Waals surface area contributed by atoms with Crippen molar-refractivity contribution in [3.63, 3.8) is 0 Å². The molecule has 2 saturated heterocycles. The van der Waals surface area contributed by atoms with Gasteiger partial charge in [0.1, 0.15) is 12.2 Å². The topological polar surface area (TPSA) is 76.7 Å². The van der Waals surface area contributed by atoms with Crippen molar-refractivity contribution in [3.8, 4) is 11.1 Å². The Labute approximate surface area is 223 Å². The van der Waals surface area contributed by atoms with Crippen LogP contribution < -0.4 is 10.6 Å². The number of benzene rings is 2. The van der Waals surface area contributed by atoms with Crippen LogP contribution in [0.3, 0.4) is 0 Å². The highest BCUT2D eigenvalue weighted by atomic mass is 19.2. The Kier molecular flexibility index (Phi) is 6.98. The van der Waals surface area contributed by atoms with Gasteiger partial charge in [0.15, 0.2) is 11.6 Å². The van der Waals surface area contributed by atoms with E-state index in [9.17, 15) is 9.59 Å². The van der Waals surface area contributed by atoms with E-state index in [2.05, 4.69) is 24.5 Å². The van der Waals surface area contributed by atoms with Gasteiger partial charge in [-0.2, -0.15) is 0 Å². The molecule has 2 unspecified atom stereocenters. The maximum absolute atomic E-state index is 15.1. The molecule has 2 aromatic carbocycles. The Morgan fingerprint density at radius 1 is 0.711 bits per heavy atom. The van der Waals surface area contributed by atoms with Gasteiger partial charge in [-0.1, -0.05) is 18.2 Å². The lowest BCUT2D eigenvalue weighted by Crippen LogP contribution is -2.47. The van der Waals surface area contributed by atoms with Crippen LogP contribution in [0, 0.1) is 11.6 Å². The van der Waals surface area contributed by atoms with Crippen LogP contribution in [0.5, 0.6) is 0 Å². The average molecular weight is 529 g/mol. The van der Waals surface area contributed by atoms with Gasteiger partial charge in [-0.3, -0.25) is 0 Å². The molecular weight excluding hydrogens is 490 g/mol. The number of ether oxygens (including phenoxy) is 2. The Bertz CT molecular complexity index is 1250. The molecule has 0 aromatic heterocycles. The normalized spacial score (nSPS) is 24.7. The zero-order valence-corrected chi connectivity index (χ0v) is 23.4. The molecule has 0 radical (unpaired) electrons. The van der Waals surface area contributed by atoms with Gasteiger partial charge in [0.25, 0.3) is 0 Å². The van der Waals surface area contributed by atoms with Crippen LogP contribution in [0.15, 0.2) is 36.4 Å². The fraction of sp³-hybridized carbons (Fsp3) is 0.533. The van der Waals surface area contributed by atoms with Crippen molar-refractivity contribution >= 4 is 11.9 Å². The van der Waals surface area contributed by atoms with E-state index < -0.39 is 40.8 Å². The first-order valence-electron chi connectivity index (χ1n) is 13.0.